The predicted molar refractivity (Wildman–Crippen MR) is 74.0 cm³/mol. The quantitative estimate of drug-likeness (QED) is 0.568. The smallest absolute Gasteiger partial charge is 0.170 e. The molecule has 0 heterocycles. The first-order valence-corrected chi connectivity index (χ1v) is 6.21. The molecule has 0 aliphatic carbocycles. The highest BCUT2D eigenvalue weighted by molar-refractivity contribution is 5.88. The highest BCUT2D eigenvalue weighted by Crippen LogP contribution is 2.32. The van der Waals surface area contributed by atoms with Gasteiger partial charge in [0, 0.05) is 5.56 Å². The van der Waals surface area contributed by atoms with Crippen LogP contribution < -0.4 is 0 Å². The van der Waals surface area contributed by atoms with E-state index in [4.69, 9.17) is 0 Å². The van der Waals surface area contributed by atoms with Crippen LogP contribution in [-0.4, -0.2) is 0 Å². The first-order chi connectivity index (χ1) is 9.58. The van der Waals surface area contributed by atoms with Crippen molar-refractivity contribution in [2.45, 2.75) is 6.92 Å². The topological polar surface area (TPSA) is 0 Å². The number of halogens is 3. The Balaban J connectivity index is 2.32. The highest BCUT2D eigenvalue weighted by atomic mass is 19.2. The lowest BCUT2D eigenvalue weighted by atomic mass is 9.99. The van der Waals surface area contributed by atoms with Gasteiger partial charge in [-0.05, 0) is 30.0 Å². The van der Waals surface area contributed by atoms with Crippen molar-refractivity contribution >= 4 is 10.8 Å². The van der Waals surface area contributed by atoms with Crippen molar-refractivity contribution in [3.8, 4) is 11.1 Å². The van der Waals surface area contributed by atoms with Crippen molar-refractivity contribution in [3.63, 3.8) is 0 Å². The number of hydrogen-bond donors (Lipinski definition) is 0. The Labute approximate surface area is 114 Å². The Hall–Kier alpha value is -2.29. The molecule has 0 bridgehead atoms. The molecule has 3 aromatic carbocycles. The average molecular weight is 272 g/mol. The number of benzene rings is 3. The van der Waals surface area contributed by atoms with Gasteiger partial charge in [0.15, 0.2) is 11.6 Å². The molecule has 0 aliphatic rings. The molecule has 0 atom stereocenters. The zero-order valence-corrected chi connectivity index (χ0v) is 10.8. The summed E-state index contributed by atoms with van der Waals surface area (Å²) >= 11 is 0. The summed E-state index contributed by atoms with van der Waals surface area (Å²) in [6, 6.07) is 12.7. The summed E-state index contributed by atoms with van der Waals surface area (Å²) < 4.78 is 41.8. The molecule has 3 rings (SSSR count). The van der Waals surface area contributed by atoms with Gasteiger partial charge >= 0.3 is 0 Å². The third kappa shape index (κ3) is 1.95. The lowest BCUT2D eigenvalue weighted by Gasteiger charge is -2.09. The van der Waals surface area contributed by atoms with Crippen molar-refractivity contribution in [2.75, 3.05) is 0 Å². The molecule has 0 N–H and O–H groups in total. The van der Waals surface area contributed by atoms with E-state index in [9.17, 15) is 13.2 Å². The first kappa shape index (κ1) is 12.7. The van der Waals surface area contributed by atoms with Crippen LogP contribution in [0.3, 0.4) is 0 Å². The Kier molecular flexibility index (Phi) is 2.97. The van der Waals surface area contributed by atoms with Crippen molar-refractivity contribution in [3.05, 3.63) is 71.5 Å². The molecule has 3 heteroatoms. The van der Waals surface area contributed by atoms with Gasteiger partial charge in [0.1, 0.15) is 5.82 Å². The van der Waals surface area contributed by atoms with E-state index in [0.717, 1.165) is 11.6 Å². The normalized spacial score (nSPS) is 11.0. The van der Waals surface area contributed by atoms with Crippen LogP contribution in [0, 0.1) is 24.4 Å². The molecule has 0 saturated carbocycles. The van der Waals surface area contributed by atoms with Crippen LogP contribution in [0.4, 0.5) is 13.2 Å². The van der Waals surface area contributed by atoms with Crippen molar-refractivity contribution in [1.29, 1.82) is 0 Å². The third-order valence-electron chi connectivity index (χ3n) is 3.36. The molecule has 0 aliphatic heterocycles. The van der Waals surface area contributed by atoms with E-state index >= 15 is 0 Å². The van der Waals surface area contributed by atoms with Gasteiger partial charge in [-0.3, -0.25) is 0 Å². The maximum Gasteiger partial charge on any atom is 0.170 e. The number of rotatable bonds is 1. The van der Waals surface area contributed by atoms with Crippen LogP contribution >= 0.6 is 0 Å². The van der Waals surface area contributed by atoms with E-state index in [0.29, 0.717) is 10.9 Å². The largest absolute Gasteiger partial charge is 0.206 e. The highest BCUT2D eigenvalue weighted by Gasteiger charge is 2.17. The monoisotopic (exact) mass is 272 g/mol. The fourth-order valence-corrected chi connectivity index (χ4v) is 2.28. The van der Waals surface area contributed by atoms with Crippen LogP contribution in [0.5, 0.6) is 0 Å². The molecule has 0 amide bonds. The zero-order chi connectivity index (χ0) is 14.3. The summed E-state index contributed by atoms with van der Waals surface area (Å²) in [5.74, 6) is -2.92. The first-order valence-electron chi connectivity index (χ1n) is 6.21. The molecule has 0 nitrogen and oxygen atoms in total. The van der Waals surface area contributed by atoms with E-state index in [-0.39, 0.29) is 10.9 Å². The van der Waals surface area contributed by atoms with Gasteiger partial charge in [0.2, 0.25) is 0 Å². The molecule has 0 unspecified atom stereocenters. The Morgan fingerprint density at radius 3 is 2.20 bits per heavy atom. The molecule has 0 fully saturated rings. The van der Waals surface area contributed by atoms with Gasteiger partial charge in [0.25, 0.3) is 0 Å². The lowest BCUT2D eigenvalue weighted by Crippen LogP contribution is -1.94. The van der Waals surface area contributed by atoms with E-state index in [1.807, 2.05) is 19.1 Å². The number of aryl methyl sites for hydroxylation is 1. The van der Waals surface area contributed by atoms with Gasteiger partial charge in [-0.25, -0.2) is 13.2 Å². The molecule has 3 aromatic rings. The average Bonchev–Trinajstić information content (AvgIpc) is 2.44. The molecular weight excluding hydrogens is 261 g/mol. The van der Waals surface area contributed by atoms with E-state index in [2.05, 4.69) is 0 Å². The fourth-order valence-electron chi connectivity index (χ4n) is 2.28. The second kappa shape index (κ2) is 4.67. The van der Waals surface area contributed by atoms with Gasteiger partial charge in [-0.2, -0.15) is 0 Å². The van der Waals surface area contributed by atoms with Crippen molar-refractivity contribution in [1.82, 2.24) is 0 Å². The predicted octanol–water partition coefficient (Wildman–Crippen LogP) is 5.23. The number of hydrogen-bond acceptors (Lipinski definition) is 0. The van der Waals surface area contributed by atoms with E-state index in [1.54, 1.807) is 18.2 Å². The number of fused-ring (bicyclic) bond motifs is 1. The maximum absolute atomic E-state index is 14.2. The van der Waals surface area contributed by atoms with Crippen LogP contribution in [0.2, 0.25) is 0 Å². The summed E-state index contributed by atoms with van der Waals surface area (Å²) in [6.45, 7) is 1.91. The second-order valence-corrected chi connectivity index (χ2v) is 4.76. The zero-order valence-electron chi connectivity index (χ0n) is 10.8. The fraction of sp³-hybridized carbons (Fsp3) is 0.0588. The standard InChI is InChI=1S/C17H11F3/c1-10-5-7-11(8-6-10)13-9-12-3-2-4-14(18)15(12)17(20)16(13)19/h2-9H,1H3. The summed E-state index contributed by atoms with van der Waals surface area (Å²) in [5.41, 5.74) is 1.74. The molecular formula is C17H11F3. The molecule has 0 saturated heterocycles. The van der Waals surface area contributed by atoms with Crippen LogP contribution in [0.15, 0.2) is 48.5 Å². The summed E-state index contributed by atoms with van der Waals surface area (Å²) in [5, 5.41) is 0.0420. The van der Waals surface area contributed by atoms with Crippen LogP contribution in [0.1, 0.15) is 5.56 Å². The molecule has 0 spiro atoms. The SMILES string of the molecule is Cc1ccc(-c2cc3cccc(F)c3c(F)c2F)cc1. The van der Waals surface area contributed by atoms with Crippen molar-refractivity contribution < 1.29 is 13.2 Å². The van der Waals surface area contributed by atoms with E-state index in [1.165, 1.54) is 12.1 Å². The van der Waals surface area contributed by atoms with Crippen LogP contribution in [-0.2, 0) is 0 Å². The third-order valence-corrected chi connectivity index (χ3v) is 3.36. The van der Waals surface area contributed by atoms with Gasteiger partial charge in [-0.1, -0.05) is 42.0 Å². The van der Waals surface area contributed by atoms with E-state index < -0.39 is 17.5 Å². The Bertz CT molecular complexity index is 789. The van der Waals surface area contributed by atoms with Gasteiger partial charge in [0.05, 0.1) is 5.39 Å². The molecule has 20 heavy (non-hydrogen) atoms. The Morgan fingerprint density at radius 1 is 0.800 bits per heavy atom. The minimum absolute atomic E-state index is 0.139. The second-order valence-electron chi connectivity index (χ2n) is 4.76. The molecule has 0 radical (unpaired) electrons. The molecule has 0 aromatic heterocycles. The lowest BCUT2D eigenvalue weighted by molar-refractivity contribution is 0.514. The minimum atomic E-state index is -1.14. The maximum atomic E-state index is 14.2. The molecule has 100 valence electrons. The summed E-state index contributed by atoms with van der Waals surface area (Å²) in [4.78, 5) is 0. The van der Waals surface area contributed by atoms with Gasteiger partial charge in [-0.15, -0.1) is 0 Å². The van der Waals surface area contributed by atoms with Crippen molar-refractivity contribution in [2.24, 2.45) is 0 Å². The minimum Gasteiger partial charge on any atom is -0.206 e. The summed E-state index contributed by atoms with van der Waals surface area (Å²) in [7, 11) is 0. The Morgan fingerprint density at radius 2 is 1.50 bits per heavy atom. The summed E-state index contributed by atoms with van der Waals surface area (Å²) in [6.07, 6.45) is 0. The van der Waals surface area contributed by atoms with Crippen LogP contribution in [0.25, 0.3) is 21.9 Å². The van der Waals surface area contributed by atoms with Gasteiger partial charge < -0.3 is 0 Å².